The van der Waals surface area contributed by atoms with Crippen molar-refractivity contribution in [2.75, 3.05) is 21.3 Å². The van der Waals surface area contributed by atoms with Gasteiger partial charge < -0.3 is 19.3 Å². The Morgan fingerprint density at radius 2 is 1.76 bits per heavy atom. The molecule has 0 aliphatic carbocycles. The average Bonchev–Trinajstić information content (AvgIpc) is 3.26. The lowest BCUT2D eigenvalue weighted by molar-refractivity contribution is -0.384. The Bertz CT molecular complexity index is 1060. The number of hydrogen-bond donors (Lipinski definition) is 4. The fourth-order valence-electron chi connectivity index (χ4n) is 4.82. The highest BCUT2D eigenvalue weighted by molar-refractivity contribution is 5.71. The van der Waals surface area contributed by atoms with Crippen LogP contribution in [-0.4, -0.2) is 43.5 Å². The molecule has 2 heterocycles. The number of nitrogens with zero attached hydrogens (tertiary/aromatic N) is 1. The number of rotatable bonds is 7. The van der Waals surface area contributed by atoms with Gasteiger partial charge in [-0.3, -0.25) is 20.2 Å². The van der Waals surface area contributed by atoms with Crippen molar-refractivity contribution in [3.63, 3.8) is 0 Å². The summed E-state index contributed by atoms with van der Waals surface area (Å²) in [6.07, 6.45) is -0.108. The number of non-ortho nitro benzene ring substituents is 1. The molecule has 5 unspecified atom stereocenters. The Kier molecular flexibility index (Phi) is 6.36. The molecule has 11 heteroatoms. The lowest BCUT2D eigenvalue weighted by Gasteiger charge is -2.39. The van der Waals surface area contributed by atoms with E-state index in [1.807, 2.05) is 0 Å². The highest BCUT2D eigenvalue weighted by atomic mass is 16.6. The fourth-order valence-corrected chi connectivity index (χ4v) is 4.82. The first-order valence-corrected chi connectivity index (χ1v) is 10.4. The third-order valence-corrected chi connectivity index (χ3v) is 6.37. The molecule has 2 saturated heterocycles. The standard InChI is InChI=1S/C22H26N4O7/c1-31-16-10-18(33-3)17(32-2)9-13(16)15-8-14(22(27)28)19-20(24-25-21(19)23-15)11-5-4-6-12(7-11)26(29)30/h4-7,9-10,14-15,19-21,23-25H,8H2,1-3H3,(H,27,28). The Morgan fingerprint density at radius 3 is 2.39 bits per heavy atom. The number of fused-ring (bicyclic) bond motifs is 1. The molecule has 0 radical (unpaired) electrons. The van der Waals surface area contributed by atoms with E-state index in [1.54, 1.807) is 31.4 Å². The molecule has 0 bridgehead atoms. The second kappa shape index (κ2) is 9.22. The minimum atomic E-state index is -0.933. The van der Waals surface area contributed by atoms with E-state index in [1.165, 1.54) is 26.4 Å². The van der Waals surface area contributed by atoms with Crippen LogP contribution >= 0.6 is 0 Å². The number of ether oxygens (including phenoxy) is 3. The molecule has 0 spiro atoms. The third-order valence-electron chi connectivity index (χ3n) is 6.37. The van der Waals surface area contributed by atoms with Gasteiger partial charge in [-0.05, 0) is 18.1 Å². The molecule has 11 nitrogen and oxygen atoms in total. The van der Waals surface area contributed by atoms with Crippen molar-refractivity contribution >= 4 is 11.7 Å². The normalized spacial score (nSPS) is 26.3. The summed E-state index contributed by atoms with van der Waals surface area (Å²) in [5.74, 6) is -0.479. The summed E-state index contributed by atoms with van der Waals surface area (Å²) in [4.78, 5) is 23.1. The van der Waals surface area contributed by atoms with E-state index in [9.17, 15) is 20.0 Å². The predicted octanol–water partition coefficient (Wildman–Crippen LogP) is 2.15. The molecule has 33 heavy (non-hydrogen) atoms. The highest BCUT2D eigenvalue weighted by Crippen LogP contribution is 2.46. The van der Waals surface area contributed by atoms with Crippen LogP contribution in [0.25, 0.3) is 0 Å². The average molecular weight is 458 g/mol. The van der Waals surface area contributed by atoms with Gasteiger partial charge in [0.05, 0.1) is 44.4 Å². The molecule has 4 rings (SSSR count). The molecule has 0 amide bonds. The van der Waals surface area contributed by atoms with Crippen molar-refractivity contribution in [1.82, 2.24) is 16.2 Å². The van der Waals surface area contributed by atoms with E-state index in [0.29, 0.717) is 22.8 Å². The maximum absolute atomic E-state index is 12.3. The Labute approximate surface area is 190 Å². The summed E-state index contributed by atoms with van der Waals surface area (Å²) >= 11 is 0. The van der Waals surface area contributed by atoms with Crippen LogP contribution in [-0.2, 0) is 4.79 Å². The highest BCUT2D eigenvalue weighted by Gasteiger charge is 2.50. The zero-order valence-electron chi connectivity index (χ0n) is 18.4. The van der Waals surface area contributed by atoms with E-state index in [0.717, 1.165) is 5.56 Å². The molecule has 2 aromatic carbocycles. The molecular weight excluding hydrogens is 432 g/mol. The number of nitro benzene ring substituents is 1. The van der Waals surface area contributed by atoms with Crippen LogP contribution in [0.15, 0.2) is 36.4 Å². The summed E-state index contributed by atoms with van der Waals surface area (Å²) < 4.78 is 16.3. The number of hydrazine groups is 1. The van der Waals surface area contributed by atoms with Crippen LogP contribution in [0.3, 0.4) is 0 Å². The van der Waals surface area contributed by atoms with Crippen LogP contribution in [0.1, 0.15) is 29.6 Å². The first-order valence-electron chi connectivity index (χ1n) is 10.4. The van der Waals surface area contributed by atoms with Gasteiger partial charge in [-0.1, -0.05) is 12.1 Å². The Hall–Kier alpha value is -3.41. The summed E-state index contributed by atoms with van der Waals surface area (Å²) in [5.41, 5.74) is 7.63. The Morgan fingerprint density at radius 1 is 1.06 bits per heavy atom. The lowest BCUT2D eigenvalue weighted by Crippen LogP contribution is -2.53. The third kappa shape index (κ3) is 4.17. The van der Waals surface area contributed by atoms with Crippen molar-refractivity contribution in [2.45, 2.75) is 24.7 Å². The largest absolute Gasteiger partial charge is 0.496 e. The molecule has 4 N–H and O–H groups in total. The molecule has 176 valence electrons. The van der Waals surface area contributed by atoms with Gasteiger partial charge in [-0.15, -0.1) is 0 Å². The zero-order chi connectivity index (χ0) is 23.7. The van der Waals surface area contributed by atoms with Crippen molar-refractivity contribution in [2.24, 2.45) is 11.8 Å². The summed E-state index contributed by atoms with van der Waals surface area (Å²) in [6.45, 7) is 0. The summed E-state index contributed by atoms with van der Waals surface area (Å²) in [5, 5.41) is 24.8. The number of methoxy groups -OCH3 is 3. The topological polar surface area (TPSA) is 144 Å². The molecule has 0 aromatic heterocycles. The van der Waals surface area contributed by atoms with Crippen LogP contribution in [0.4, 0.5) is 5.69 Å². The van der Waals surface area contributed by atoms with Gasteiger partial charge in [0.1, 0.15) is 5.75 Å². The quantitative estimate of drug-likeness (QED) is 0.360. The van der Waals surface area contributed by atoms with Crippen molar-refractivity contribution in [1.29, 1.82) is 0 Å². The van der Waals surface area contributed by atoms with Gasteiger partial charge in [-0.25, -0.2) is 10.9 Å². The molecule has 2 fully saturated rings. The second-order valence-corrected chi connectivity index (χ2v) is 8.02. The number of piperidine rings is 1. The van der Waals surface area contributed by atoms with Crippen molar-refractivity contribution in [3.05, 3.63) is 57.6 Å². The van der Waals surface area contributed by atoms with Crippen molar-refractivity contribution in [3.8, 4) is 17.2 Å². The maximum Gasteiger partial charge on any atom is 0.307 e. The van der Waals surface area contributed by atoms with Gasteiger partial charge in [0.2, 0.25) is 0 Å². The predicted molar refractivity (Wildman–Crippen MR) is 117 cm³/mol. The van der Waals surface area contributed by atoms with Crippen LogP contribution in [0, 0.1) is 22.0 Å². The minimum absolute atomic E-state index is 0.0404. The number of carboxylic acids is 1. The minimum Gasteiger partial charge on any atom is -0.496 e. The number of nitro groups is 1. The molecule has 2 aliphatic rings. The van der Waals surface area contributed by atoms with E-state index in [2.05, 4.69) is 16.2 Å². The van der Waals surface area contributed by atoms with E-state index in [4.69, 9.17) is 14.2 Å². The van der Waals surface area contributed by atoms with Gasteiger partial charge in [0.15, 0.2) is 11.5 Å². The Balaban J connectivity index is 1.68. The molecule has 2 aliphatic heterocycles. The zero-order valence-corrected chi connectivity index (χ0v) is 18.4. The molecule has 5 atom stereocenters. The number of benzene rings is 2. The maximum atomic E-state index is 12.3. The van der Waals surface area contributed by atoms with Crippen LogP contribution in [0.2, 0.25) is 0 Å². The van der Waals surface area contributed by atoms with Gasteiger partial charge >= 0.3 is 5.97 Å². The number of hydrogen-bond acceptors (Lipinski definition) is 9. The molecular formula is C22H26N4O7. The SMILES string of the molecule is COc1cc(OC)c(C2CC(C(=O)O)C3C(NNC3c3cccc([N+](=O)[O-])c3)N2)cc1OC. The number of carbonyl (C=O) groups is 1. The van der Waals surface area contributed by atoms with Crippen LogP contribution < -0.4 is 30.4 Å². The van der Waals surface area contributed by atoms with Crippen molar-refractivity contribution < 1.29 is 29.0 Å². The molecule has 0 saturated carbocycles. The monoisotopic (exact) mass is 458 g/mol. The number of aliphatic carboxylic acids is 1. The number of carboxylic acid groups (broad SMARTS) is 1. The lowest BCUT2D eigenvalue weighted by atomic mass is 9.74. The van der Waals surface area contributed by atoms with E-state index < -0.39 is 29.0 Å². The second-order valence-electron chi connectivity index (χ2n) is 8.02. The first kappa shape index (κ1) is 22.8. The first-order chi connectivity index (χ1) is 15.9. The van der Waals surface area contributed by atoms with Gasteiger partial charge in [-0.2, -0.15) is 0 Å². The number of nitrogens with one attached hydrogen (secondary N) is 3. The van der Waals surface area contributed by atoms with Crippen LogP contribution in [0.5, 0.6) is 17.2 Å². The van der Waals surface area contributed by atoms with Gasteiger partial charge in [0.25, 0.3) is 5.69 Å². The summed E-state index contributed by atoms with van der Waals surface area (Å²) in [7, 11) is 4.60. The fraction of sp³-hybridized carbons (Fsp3) is 0.409. The smallest absolute Gasteiger partial charge is 0.307 e. The molecule has 2 aromatic rings. The van der Waals surface area contributed by atoms with E-state index >= 15 is 0 Å². The van der Waals surface area contributed by atoms with E-state index in [-0.39, 0.29) is 24.1 Å². The van der Waals surface area contributed by atoms with Gasteiger partial charge in [0, 0.05) is 35.7 Å². The summed E-state index contributed by atoms with van der Waals surface area (Å²) in [6, 6.07) is 8.99.